The maximum atomic E-state index is 12.9. The molecule has 0 unspecified atom stereocenters. The number of H-pyrrole nitrogens is 1. The number of aryl methyl sites for hydroxylation is 2. The smallest absolute Gasteiger partial charge is 0.277 e. The van der Waals surface area contributed by atoms with E-state index in [1.54, 1.807) is 4.90 Å². The van der Waals surface area contributed by atoms with Crippen molar-refractivity contribution in [1.82, 2.24) is 25.1 Å². The van der Waals surface area contributed by atoms with E-state index < -0.39 is 0 Å². The van der Waals surface area contributed by atoms with Gasteiger partial charge in [-0.2, -0.15) is 0 Å². The number of nitrogens with zero attached hydrogens (tertiary/aromatic N) is 4. The average Bonchev–Trinajstić information content (AvgIpc) is 3.47. The zero-order valence-corrected chi connectivity index (χ0v) is 19.3. The molecule has 0 saturated carbocycles. The highest BCUT2D eigenvalue weighted by Crippen LogP contribution is 2.35. The Kier molecular flexibility index (Phi) is 5.56. The molecule has 8 nitrogen and oxygen atoms in total. The van der Waals surface area contributed by atoms with Crippen LogP contribution in [0.2, 0.25) is 0 Å². The Balaban J connectivity index is 1.34. The highest BCUT2D eigenvalue weighted by atomic mass is 32.2. The summed E-state index contributed by atoms with van der Waals surface area (Å²) in [5.41, 5.74) is 2.98. The van der Waals surface area contributed by atoms with Gasteiger partial charge in [-0.05, 0) is 25.8 Å². The van der Waals surface area contributed by atoms with Gasteiger partial charge in [-0.15, -0.1) is 21.5 Å². The lowest BCUT2D eigenvalue weighted by Crippen LogP contribution is -2.23. The molecule has 0 atom stereocenters. The van der Waals surface area contributed by atoms with Gasteiger partial charge in [-0.25, -0.2) is 4.98 Å². The van der Waals surface area contributed by atoms with Crippen molar-refractivity contribution in [2.75, 3.05) is 6.54 Å². The first-order chi connectivity index (χ1) is 15.5. The maximum Gasteiger partial charge on any atom is 0.277 e. The molecule has 1 saturated heterocycles. The van der Waals surface area contributed by atoms with Crippen LogP contribution in [0.1, 0.15) is 35.0 Å². The Morgan fingerprint density at radius 2 is 2.00 bits per heavy atom. The summed E-state index contributed by atoms with van der Waals surface area (Å²) in [5.74, 6) is 1.48. The molecule has 5 rings (SSSR count). The summed E-state index contributed by atoms with van der Waals surface area (Å²) in [7, 11) is 0. The molecule has 3 aromatic heterocycles. The van der Waals surface area contributed by atoms with Crippen LogP contribution < -0.4 is 5.56 Å². The van der Waals surface area contributed by atoms with E-state index in [2.05, 4.69) is 20.2 Å². The van der Waals surface area contributed by atoms with Crippen molar-refractivity contribution in [3.63, 3.8) is 0 Å². The predicted molar refractivity (Wildman–Crippen MR) is 124 cm³/mol. The third-order valence-electron chi connectivity index (χ3n) is 5.41. The van der Waals surface area contributed by atoms with Crippen molar-refractivity contribution in [2.45, 2.75) is 44.2 Å². The first kappa shape index (κ1) is 20.9. The number of thiophene rings is 1. The van der Waals surface area contributed by atoms with Crippen LogP contribution in [0.5, 0.6) is 0 Å². The summed E-state index contributed by atoms with van der Waals surface area (Å²) in [4.78, 5) is 35.8. The molecular formula is C22H21N5O3S2. The summed E-state index contributed by atoms with van der Waals surface area (Å²) in [5, 5.41) is 9.08. The molecule has 1 aromatic carbocycles. The highest BCUT2D eigenvalue weighted by molar-refractivity contribution is 7.98. The van der Waals surface area contributed by atoms with Gasteiger partial charge in [0.1, 0.15) is 10.7 Å². The molecular weight excluding hydrogens is 446 g/mol. The molecule has 1 amide bonds. The normalized spacial score (nSPS) is 14.1. The monoisotopic (exact) mass is 467 g/mol. The topological polar surface area (TPSA) is 105 Å². The van der Waals surface area contributed by atoms with Crippen LogP contribution in [0, 0.1) is 13.8 Å². The average molecular weight is 468 g/mol. The number of carbonyl (C=O) groups excluding carboxylic acids is 1. The van der Waals surface area contributed by atoms with Gasteiger partial charge in [0.05, 0.1) is 17.7 Å². The lowest BCUT2D eigenvalue weighted by molar-refractivity contribution is -0.128. The van der Waals surface area contributed by atoms with E-state index in [0.29, 0.717) is 41.0 Å². The van der Waals surface area contributed by atoms with E-state index in [4.69, 9.17) is 4.42 Å². The Bertz CT molecular complexity index is 1360. The Hall–Kier alpha value is -2.98. The number of carbonyl (C=O) groups is 1. The molecule has 1 fully saturated rings. The second-order valence-corrected chi connectivity index (χ2v) is 9.89. The van der Waals surface area contributed by atoms with E-state index in [1.807, 2.05) is 38.1 Å². The van der Waals surface area contributed by atoms with E-state index in [1.165, 1.54) is 28.7 Å². The quantitative estimate of drug-likeness (QED) is 0.426. The van der Waals surface area contributed by atoms with Gasteiger partial charge in [0.25, 0.3) is 10.8 Å². The lowest BCUT2D eigenvalue weighted by atomic mass is 10.0. The van der Waals surface area contributed by atoms with Gasteiger partial charge in [-0.3, -0.25) is 9.59 Å². The number of thioether (sulfide) groups is 1. The lowest BCUT2D eigenvalue weighted by Gasteiger charge is -2.11. The molecule has 1 aliphatic rings. The van der Waals surface area contributed by atoms with Crippen LogP contribution in [0.25, 0.3) is 21.3 Å². The van der Waals surface area contributed by atoms with Gasteiger partial charge in [0.2, 0.25) is 11.8 Å². The number of rotatable bonds is 6. The maximum absolute atomic E-state index is 12.9. The van der Waals surface area contributed by atoms with Gasteiger partial charge < -0.3 is 14.3 Å². The van der Waals surface area contributed by atoms with Crippen LogP contribution in [0.15, 0.2) is 38.7 Å². The van der Waals surface area contributed by atoms with Crippen molar-refractivity contribution < 1.29 is 9.21 Å². The fourth-order valence-electron chi connectivity index (χ4n) is 3.82. The van der Waals surface area contributed by atoms with Gasteiger partial charge in [-0.1, -0.05) is 41.6 Å². The fraction of sp³-hybridized carbons (Fsp3) is 0.318. The summed E-state index contributed by atoms with van der Waals surface area (Å²) in [6, 6.07) is 8.16. The molecule has 1 aliphatic heterocycles. The second-order valence-electron chi connectivity index (χ2n) is 7.76. The van der Waals surface area contributed by atoms with Crippen molar-refractivity contribution in [2.24, 2.45) is 0 Å². The number of nitrogens with one attached hydrogen (secondary N) is 1. The van der Waals surface area contributed by atoms with Gasteiger partial charge in [0.15, 0.2) is 0 Å². The standard InChI is InChI=1S/C22H21N5O3S2/c1-12-5-7-14(8-6-12)18-13(2)32-21-19(18)20(29)23-15(24-21)11-31-22-26-25-16(30-22)10-27-9-3-4-17(27)28/h5-8H,3-4,9-11H2,1-2H3,(H,23,24,29). The molecule has 1 N–H and O–H groups in total. The molecule has 164 valence electrons. The summed E-state index contributed by atoms with van der Waals surface area (Å²) in [6.45, 7) is 5.11. The van der Waals surface area contributed by atoms with Crippen molar-refractivity contribution >= 4 is 39.2 Å². The van der Waals surface area contributed by atoms with E-state index >= 15 is 0 Å². The van der Waals surface area contributed by atoms with Crippen molar-refractivity contribution in [1.29, 1.82) is 0 Å². The van der Waals surface area contributed by atoms with Gasteiger partial charge >= 0.3 is 0 Å². The second kappa shape index (κ2) is 8.51. The summed E-state index contributed by atoms with van der Waals surface area (Å²) >= 11 is 2.83. The number of fused-ring (bicyclic) bond motifs is 1. The fourth-order valence-corrected chi connectivity index (χ4v) is 5.54. The molecule has 0 aliphatic carbocycles. The number of amides is 1. The third-order valence-corrected chi connectivity index (χ3v) is 7.23. The molecule has 32 heavy (non-hydrogen) atoms. The molecule has 4 aromatic rings. The van der Waals surface area contributed by atoms with Crippen LogP contribution in [-0.2, 0) is 17.1 Å². The first-order valence-electron chi connectivity index (χ1n) is 10.3. The van der Waals surface area contributed by atoms with Crippen LogP contribution in [-0.4, -0.2) is 37.5 Å². The summed E-state index contributed by atoms with van der Waals surface area (Å²) in [6.07, 6.45) is 1.44. The number of benzene rings is 1. The minimum absolute atomic E-state index is 0.115. The number of aromatic nitrogens is 4. The Morgan fingerprint density at radius 3 is 2.75 bits per heavy atom. The van der Waals surface area contributed by atoms with Crippen LogP contribution in [0.4, 0.5) is 0 Å². The third kappa shape index (κ3) is 4.07. The SMILES string of the molecule is Cc1ccc(-c2c(C)sc3nc(CSc4nnc(CN5CCCC5=O)o4)[nH]c(=O)c23)cc1. The number of aromatic amines is 1. The zero-order valence-electron chi connectivity index (χ0n) is 17.7. The molecule has 0 spiro atoms. The number of likely N-dealkylation sites (tertiary alicyclic amines) is 1. The van der Waals surface area contributed by atoms with Crippen LogP contribution in [0.3, 0.4) is 0 Å². The number of hydrogen-bond acceptors (Lipinski definition) is 8. The predicted octanol–water partition coefficient (Wildman–Crippen LogP) is 4.07. The highest BCUT2D eigenvalue weighted by Gasteiger charge is 2.22. The molecule has 4 heterocycles. The molecule has 10 heteroatoms. The first-order valence-corrected chi connectivity index (χ1v) is 12.1. The Morgan fingerprint density at radius 1 is 1.19 bits per heavy atom. The van der Waals surface area contributed by atoms with Gasteiger partial charge in [0, 0.05) is 23.4 Å². The molecule has 0 radical (unpaired) electrons. The minimum Gasteiger partial charge on any atom is -0.414 e. The molecule has 0 bridgehead atoms. The number of hydrogen-bond donors (Lipinski definition) is 1. The summed E-state index contributed by atoms with van der Waals surface area (Å²) < 4.78 is 5.65. The van der Waals surface area contributed by atoms with Crippen LogP contribution >= 0.6 is 23.1 Å². The van der Waals surface area contributed by atoms with E-state index in [-0.39, 0.29) is 11.5 Å². The van der Waals surface area contributed by atoms with Crippen molar-refractivity contribution in [3.05, 3.63) is 56.8 Å². The van der Waals surface area contributed by atoms with E-state index in [9.17, 15) is 9.59 Å². The zero-order chi connectivity index (χ0) is 22.2. The van der Waals surface area contributed by atoms with Crippen molar-refractivity contribution in [3.8, 4) is 11.1 Å². The minimum atomic E-state index is -0.149. The van der Waals surface area contributed by atoms with E-state index in [0.717, 1.165) is 33.8 Å². The Labute approximate surface area is 192 Å². The largest absolute Gasteiger partial charge is 0.414 e.